The Labute approximate surface area is 191 Å². The van der Waals surface area contributed by atoms with Crippen LogP contribution in [0.3, 0.4) is 0 Å². The lowest BCUT2D eigenvalue weighted by Crippen LogP contribution is -2.49. The average Bonchev–Trinajstić information content (AvgIpc) is 2.80. The zero-order valence-corrected chi connectivity index (χ0v) is 18.5. The van der Waals surface area contributed by atoms with Gasteiger partial charge in [-0.2, -0.15) is 13.2 Å². The minimum Gasteiger partial charge on any atom is -0.381 e. The maximum absolute atomic E-state index is 13.6. The zero-order valence-electron chi connectivity index (χ0n) is 18.5. The Morgan fingerprint density at radius 3 is 2.61 bits per heavy atom. The van der Waals surface area contributed by atoms with Crippen molar-refractivity contribution in [3.63, 3.8) is 0 Å². The molecule has 0 bridgehead atoms. The number of halogens is 4. The predicted octanol–water partition coefficient (Wildman–Crippen LogP) is 5.19. The summed E-state index contributed by atoms with van der Waals surface area (Å²) in [5.41, 5.74) is 6.63. The Kier molecular flexibility index (Phi) is 6.27. The van der Waals surface area contributed by atoms with Crippen LogP contribution in [0.5, 0.6) is 0 Å². The lowest BCUT2D eigenvalue weighted by Gasteiger charge is -2.48. The molecule has 3 N–H and O–H groups in total. The van der Waals surface area contributed by atoms with Crippen LogP contribution in [0, 0.1) is 11.8 Å². The zero-order chi connectivity index (χ0) is 23.2. The van der Waals surface area contributed by atoms with Crippen molar-refractivity contribution in [2.24, 2.45) is 17.6 Å². The number of anilines is 1. The third kappa shape index (κ3) is 4.84. The van der Waals surface area contributed by atoms with Crippen molar-refractivity contribution in [3.8, 4) is 0 Å². The molecule has 0 spiro atoms. The Hall–Kier alpha value is -1.90. The number of piperidine rings is 1. The number of ether oxygens (including phenoxy) is 1. The minimum absolute atomic E-state index is 0.0197. The molecule has 4 aliphatic rings. The molecular formula is C25H31F4N3O. The monoisotopic (exact) mass is 465 g/mol. The van der Waals surface area contributed by atoms with Gasteiger partial charge in [0.2, 0.25) is 0 Å². The Bertz CT molecular complexity index is 923. The lowest BCUT2D eigenvalue weighted by molar-refractivity contribution is -0.138. The molecule has 3 aliphatic heterocycles. The Balaban J connectivity index is 1.40. The van der Waals surface area contributed by atoms with E-state index in [1.54, 1.807) is 6.08 Å². The van der Waals surface area contributed by atoms with Gasteiger partial charge in [0.05, 0.1) is 17.8 Å². The third-order valence-electron chi connectivity index (χ3n) is 7.66. The summed E-state index contributed by atoms with van der Waals surface area (Å²) >= 11 is 0. The smallest absolute Gasteiger partial charge is 0.381 e. The molecule has 1 aromatic rings. The van der Waals surface area contributed by atoms with Gasteiger partial charge in [-0.05, 0) is 75.5 Å². The fraction of sp³-hybridized carbons (Fsp3) is 0.600. The quantitative estimate of drug-likeness (QED) is 0.604. The fourth-order valence-corrected chi connectivity index (χ4v) is 5.83. The molecule has 0 aromatic heterocycles. The number of fused-ring (bicyclic) bond motifs is 3. The maximum Gasteiger partial charge on any atom is 0.416 e. The van der Waals surface area contributed by atoms with Gasteiger partial charge in [-0.1, -0.05) is 6.08 Å². The number of rotatable bonds is 3. The van der Waals surface area contributed by atoms with E-state index in [-0.39, 0.29) is 35.9 Å². The molecule has 2 saturated heterocycles. The van der Waals surface area contributed by atoms with Gasteiger partial charge in [0.25, 0.3) is 0 Å². The molecule has 5 rings (SSSR count). The number of benzene rings is 1. The average molecular weight is 466 g/mol. The van der Waals surface area contributed by atoms with Crippen molar-refractivity contribution in [3.05, 3.63) is 53.4 Å². The maximum atomic E-state index is 13.6. The van der Waals surface area contributed by atoms with Crippen LogP contribution in [-0.2, 0) is 10.9 Å². The summed E-state index contributed by atoms with van der Waals surface area (Å²) in [7, 11) is 0. The van der Waals surface area contributed by atoms with Crippen LogP contribution in [-0.4, -0.2) is 42.7 Å². The van der Waals surface area contributed by atoms with E-state index in [0.717, 1.165) is 51.4 Å². The minimum atomic E-state index is -4.41. The van der Waals surface area contributed by atoms with Gasteiger partial charge in [-0.15, -0.1) is 0 Å². The standard InChI is InChI=1S/C25H31F4N3O/c26-17-4-1-15(2-5-17)23-20-7-6-19(14-32-11-9-18(30)10-12-32)33-24(20)21-13-16(25(27,28)29)3-8-22(21)31-23/h1,3-5,8,13,15,18-20,23-24,31H,2,6-7,9-12,14,30H2/t15?,19-,20+,23+,24+/m1/s1. The number of hydrogen-bond acceptors (Lipinski definition) is 4. The highest BCUT2D eigenvalue weighted by molar-refractivity contribution is 5.58. The van der Waals surface area contributed by atoms with E-state index >= 15 is 0 Å². The second-order valence-electron chi connectivity index (χ2n) is 9.88. The molecule has 8 heteroatoms. The summed E-state index contributed by atoms with van der Waals surface area (Å²) in [5, 5.41) is 3.49. The van der Waals surface area contributed by atoms with E-state index in [0.29, 0.717) is 17.7 Å². The molecule has 1 unspecified atom stereocenters. The highest BCUT2D eigenvalue weighted by Crippen LogP contribution is 2.49. The van der Waals surface area contributed by atoms with Crippen molar-refractivity contribution < 1.29 is 22.3 Å². The van der Waals surface area contributed by atoms with Crippen molar-refractivity contribution in [1.82, 2.24) is 4.90 Å². The molecular weight excluding hydrogens is 434 g/mol. The molecule has 0 radical (unpaired) electrons. The summed E-state index contributed by atoms with van der Waals surface area (Å²) in [5.74, 6) is -0.151. The normalized spacial score (nSPS) is 33.1. The van der Waals surface area contributed by atoms with Gasteiger partial charge in [0.1, 0.15) is 5.83 Å². The number of hydrogen-bond donors (Lipinski definition) is 2. The SMILES string of the molecule is NC1CCN(C[C@H]2CC[C@@H]3[C@H](O2)c2cc(C(F)(F)F)ccc2N[C@H]3C2C=CC(F)=CC2)CC1. The van der Waals surface area contributed by atoms with Crippen LogP contribution < -0.4 is 11.1 Å². The predicted molar refractivity (Wildman–Crippen MR) is 119 cm³/mol. The molecule has 1 aliphatic carbocycles. The topological polar surface area (TPSA) is 50.5 Å². The Morgan fingerprint density at radius 1 is 1.12 bits per heavy atom. The van der Waals surface area contributed by atoms with Crippen molar-refractivity contribution >= 4 is 5.69 Å². The first-order chi connectivity index (χ1) is 15.8. The molecule has 33 heavy (non-hydrogen) atoms. The van der Waals surface area contributed by atoms with Crippen molar-refractivity contribution in [1.29, 1.82) is 0 Å². The fourth-order valence-electron chi connectivity index (χ4n) is 5.83. The van der Waals surface area contributed by atoms with E-state index in [2.05, 4.69) is 10.2 Å². The second-order valence-corrected chi connectivity index (χ2v) is 9.88. The number of nitrogens with zero attached hydrogens (tertiary/aromatic N) is 1. The van der Waals surface area contributed by atoms with Crippen LogP contribution in [0.2, 0.25) is 0 Å². The van der Waals surface area contributed by atoms with Crippen LogP contribution in [0.15, 0.2) is 42.3 Å². The molecule has 1 aromatic carbocycles. The molecule has 4 nitrogen and oxygen atoms in total. The van der Waals surface area contributed by atoms with Gasteiger partial charge in [-0.3, -0.25) is 0 Å². The first kappa shape index (κ1) is 22.9. The summed E-state index contributed by atoms with van der Waals surface area (Å²) in [6.45, 7) is 2.64. The van der Waals surface area contributed by atoms with Crippen LogP contribution in [0.4, 0.5) is 23.2 Å². The summed E-state index contributed by atoms with van der Waals surface area (Å²) in [4.78, 5) is 2.36. The summed E-state index contributed by atoms with van der Waals surface area (Å²) in [6.07, 6.45) is 4.29. The number of alkyl halides is 3. The van der Waals surface area contributed by atoms with Gasteiger partial charge >= 0.3 is 6.18 Å². The number of nitrogens with one attached hydrogen (secondary N) is 1. The van der Waals surface area contributed by atoms with Crippen LogP contribution >= 0.6 is 0 Å². The van der Waals surface area contributed by atoms with E-state index in [4.69, 9.17) is 10.5 Å². The molecule has 3 heterocycles. The van der Waals surface area contributed by atoms with E-state index in [9.17, 15) is 17.6 Å². The van der Waals surface area contributed by atoms with E-state index < -0.39 is 17.8 Å². The molecule has 5 atom stereocenters. The first-order valence-corrected chi connectivity index (χ1v) is 11.9. The summed E-state index contributed by atoms with van der Waals surface area (Å²) in [6, 6.07) is 4.11. The number of nitrogens with two attached hydrogens (primary N) is 1. The highest BCUT2D eigenvalue weighted by Gasteiger charge is 2.45. The van der Waals surface area contributed by atoms with E-state index in [1.807, 2.05) is 6.08 Å². The molecule has 180 valence electrons. The van der Waals surface area contributed by atoms with Crippen molar-refractivity contribution in [2.75, 3.05) is 25.0 Å². The largest absolute Gasteiger partial charge is 0.416 e. The number of allylic oxidation sites excluding steroid dienone is 3. The lowest BCUT2D eigenvalue weighted by atomic mass is 9.72. The van der Waals surface area contributed by atoms with Crippen molar-refractivity contribution in [2.45, 2.75) is 62.6 Å². The highest BCUT2D eigenvalue weighted by atomic mass is 19.4. The van der Waals surface area contributed by atoms with Crippen LogP contribution in [0.25, 0.3) is 0 Å². The van der Waals surface area contributed by atoms with Crippen LogP contribution in [0.1, 0.15) is 49.3 Å². The van der Waals surface area contributed by atoms with Gasteiger partial charge < -0.3 is 20.7 Å². The Morgan fingerprint density at radius 2 is 1.91 bits per heavy atom. The third-order valence-corrected chi connectivity index (χ3v) is 7.66. The first-order valence-electron chi connectivity index (χ1n) is 11.9. The van der Waals surface area contributed by atoms with E-state index in [1.165, 1.54) is 18.2 Å². The van der Waals surface area contributed by atoms with Gasteiger partial charge in [-0.25, -0.2) is 4.39 Å². The summed E-state index contributed by atoms with van der Waals surface area (Å²) < 4.78 is 60.5. The second kappa shape index (κ2) is 9.04. The van der Waals surface area contributed by atoms with Gasteiger partial charge in [0, 0.05) is 41.7 Å². The van der Waals surface area contributed by atoms with Gasteiger partial charge in [0.15, 0.2) is 0 Å². The number of likely N-dealkylation sites (tertiary alicyclic amines) is 1. The molecule has 2 fully saturated rings. The molecule has 0 amide bonds. The molecule has 0 saturated carbocycles.